The first-order chi connectivity index (χ1) is 13.3. The molecule has 1 saturated heterocycles. The first-order valence-corrected chi connectivity index (χ1v) is 10.0. The minimum atomic E-state index is -1.53. The van der Waals surface area contributed by atoms with E-state index < -0.39 is 54.6 Å². The van der Waals surface area contributed by atoms with Gasteiger partial charge in [0.25, 0.3) is 0 Å². The van der Waals surface area contributed by atoms with Crippen LogP contribution in [0.2, 0.25) is 0 Å². The van der Waals surface area contributed by atoms with Crippen LogP contribution in [0.15, 0.2) is 24.3 Å². The Balaban J connectivity index is 2.59. The highest BCUT2D eigenvalue weighted by Gasteiger charge is 2.46. The van der Waals surface area contributed by atoms with Crippen molar-refractivity contribution < 1.29 is 40.1 Å². The first kappa shape index (κ1) is 26.2. The zero-order chi connectivity index (χ0) is 22.4. The standard InChI is InChI=1S/C21H38O8/c1-6-21(5,27)11-10-13(2)8-7-9-15(23)20(3,4)29-19-18(26)17(25)16(24)14(12-22)28-19/h6,8,14-19,22-27H,1,7,9-12H2,2-5H3/b13-8+/t14-,15?,16-,17+,18-,19+,21?/m1/s1. The quantitative estimate of drug-likeness (QED) is 0.265. The van der Waals surface area contributed by atoms with Crippen LogP contribution < -0.4 is 0 Å². The van der Waals surface area contributed by atoms with Crippen LogP contribution in [0.1, 0.15) is 53.4 Å². The molecule has 1 aliphatic heterocycles. The summed E-state index contributed by atoms with van der Waals surface area (Å²) in [5.41, 5.74) is -0.926. The summed E-state index contributed by atoms with van der Waals surface area (Å²) < 4.78 is 11.0. The van der Waals surface area contributed by atoms with Gasteiger partial charge in [-0.15, -0.1) is 6.58 Å². The van der Waals surface area contributed by atoms with E-state index in [2.05, 4.69) is 6.58 Å². The summed E-state index contributed by atoms with van der Waals surface area (Å²) in [5, 5.41) is 59.6. The molecule has 2 unspecified atom stereocenters. The normalized spacial score (nSPS) is 31.9. The lowest BCUT2D eigenvalue weighted by Gasteiger charge is -2.43. The topological polar surface area (TPSA) is 140 Å². The molecule has 0 saturated carbocycles. The average Bonchev–Trinajstić information content (AvgIpc) is 2.66. The maximum Gasteiger partial charge on any atom is 0.187 e. The third kappa shape index (κ3) is 7.73. The molecule has 29 heavy (non-hydrogen) atoms. The van der Waals surface area contributed by atoms with Gasteiger partial charge in [0.1, 0.15) is 24.4 Å². The van der Waals surface area contributed by atoms with E-state index in [4.69, 9.17) is 9.47 Å². The van der Waals surface area contributed by atoms with Crippen molar-refractivity contribution in [3.05, 3.63) is 24.3 Å². The zero-order valence-electron chi connectivity index (χ0n) is 17.9. The molecule has 0 amide bonds. The molecule has 1 aliphatic rings. The van der Waals surface area contributed by atoms with Crippen molar-refractivity contribution in [3.63, 3.8) is 0 Å². The Bertz CT molecular complexity index is 543. The maximum absolute atomic E-state index is 10.5. The van der Waals surface area contributed by atoms with Gasteiger partial charge in [0.2, 0.25) is 0 Å². The fraction of sp³-hybridized carbons (Fsp3) is 0.810. The van der Waals surface area contributed by atoms with Crippen molar-refractivity contribution in [1.29, 1.82) is 0 Å². The zero-order valence-corrected chi connectivity index (χ0v) is 17.9. The summed E-state index contributed by atoms with van der Waals surface area (Å²) in [6.07, 6.45) is -2.00. The van der Waals surface area contributed by atoms with Gasteiger partial charge in [-0.3, -0.25) is 0 Å². The Kier molecular flexibility index (Phi) is 9.91. The molecule has 0 radical (unpaired) electrons. The average molecular weight is 419 g/mol. The molecule has 1 heterocycles. The van der Waals surface area contributed by atoms with Crippen LogP contribution >= 0.6 is 0 Å². The molecule has 6 N–H and O–H groups in total. The number of hydrogen-bond acceptors (Lipinski definition) is 8. The molecule has 0 spiro atoms. The monoisotopic (exact) mass is 418 g/mol. The molecule has 0 aromatic heterocycles. The number of hydrogen-bond donors (Lipinski definition) is 6. The van der Waals surface area contributed by atoms with Crippen molar-refractivity contribution in [2.45, 2.75) is 101 Å². The highest BCUT2D eigenvalue weighted by atomic mass is 16.7. The van der Waals surface area contributed by atoms with Crippen LogP contribution in [0.3, 0.4) is 0 Å². The molecule has 0 aliphatic carbocycles. The molecule has 8 heteroatoms. The summed E-state index contributed by atoms with van der Waals surface area (Å²) in [5.74, 6) is 0. The van der Waals surface area contributed by atoms with Crippen molar-refractivity contribution in [3.8, 4) is 0 Å². The molecular weight excluding hydrogens is 380 g/mol. The van der Waals surface area contributed by atoms with Crippen LogP contribution in [-0.4, -0.2) is 85.3 Å². The van der Waals surface area contributed by atoms with Gasteiger partial charge in [0.05, 0.1) is 23.9 Å². The SMILES string of the molecule is C=CC(C)(O)CC/C(C)=C/CCC(O)C(C)(C)O[C@@H]1O[C@H](CO)[C@@H](O)[C@H](O)[C@H]1O. The van der Waals surface area contributed by atoms with E-state index in [9.17, 15) is 30.6 Å². The van der Waals surface area contributed by atoms with Crippen LogP contribution in [0.4, 0.5) is 0 Å². The molecule has 170 valence electrons. The Morgan fingerprint density at radius 2 is 1.79 bits per heavy atom. The first-order valence-electron chi connectivity index (χ1n) is 10.0. The number of allylic oxidation sites excluding steroid dienone is 2. The number of aliphatic hydroxyl groups excluding tert-OH is 5. The molecule has 0 aromatic carbocycles. The molecule has 0 aromatic rings. The third-order valence-electron chi connectivity index (χ3n) is 5.47. The van der Waals surface area contributed by atoms with Crippen molar-refractivity contribution in [2.24, 2.45) is 0 Å². The molecule has 0 bridgehead atoms. The van der Waals surface area contributed by atoms with E-state index in [1.165, 1.54) is 6.08 Å². The second-order valence-electron chi connectivity index (χ2n) is 8.62. The fourth-order valence-corrected chi connectivity index (χ4v) is 3.03. The number of aliphatic hydroxyl groups is 6. The summed E-state index contributed by atoms with van der Waals surface area (Å²) in [4.78, 5) is 0. The van der Waals surface area contributed by atoms with Crippen LogP contribution in [-0.2, 0) is 9.47 Å². The molecular formula is C21H38O8. The second kappa shape index (κ2) is 11.0. The van der Waals surface area contributed by atoms with Gasteiger partial charge >= 0.3 is 0 Å². The Hall–Kier alpha value is -0.840. The van der Waals surface area contributed by atoms with E-state index >= 15 is 0 Å². The van der Waals surface area contributed by atoms with E-state index in [1.807, 2.05) is 13.0 Å². The van der Waals surface area contributed by atoms with Gasteiger partial charge in [0.15, 0.2) is 6.29 Å². The lowest BCUT2D eigenvalue weighted by atomic mass is 9.94. The van der Waals surface area contributed by atoms with Crippen LogP contribution in [0.5, 0.6) is 0 Å². The van der Waals surface area contributed by atoms with Crippen molar-refractivity contribution in [1.82, 2.24) is 0 Å². The minimum absolute atomic E-state index is 0.389. The Morgan fingerprint density at radius 3 is 2.34 bits per heavy atom. The maximum atomic E-state index is 10.5. The van der Waals surface area contributed by atoms with Gasteiger partial charge in [-0.05, 0) is 53.4 Å². The van der Waals surface area contributed by atoms with Gasteiger partial charge < -0.3 is 40.1 Å². The van der Waals surface area contributed by atoms with Crippen molar-refractivity contribution in [2.75, 3.05) is 6.61 Å². The van der Waals surface area contributed by atoms with E-state index in [0.717, 1.165) is 5.57 Å². The summed E-state index contributed by atoms with van der Waals surface area (Å²) in [6.45, 7) is 10.00. The molecule has 1 rings (SSSR count). The van der Waals surface area contributed by atoms with Crippen molar-refractivity contribution >= 4 is 0 Å². The lowest BCUT2D eigenvalue weighted by molar-refractivity contribution is -0.331. The second-order valence-corrected chi connectivity index (χ2v) is 8.62. The summed E-state index contributed by atoms with van der Waals surface area (Å²) >= 11 is 0. The minimum Gasteiger partial charge on any atom is -0.394 e. The number of ether oxygens (including phenoxy) is 2. The predicted octanol–water partition coefficient (Wildman–Crippen LogP) is 0.386. The lowest BCUT2D eigenvalue weighted by Crippen LogP contribution is -2.61. The highest BCUT2D eigenvalue weighted by molar-refractivity contribution is 5.02. The Labute approximate surface area is 173 Å². The van der Waals surface area contributed by atoms with Crippen LogP contribution in [0.25, 0.3) is 0 Å². The van der Waals surface area contributed by atoms with Gasteiger partial charge in [-0.1, -0.05) is 17.7 Å². The number of rotatable bonds is 11. The summed E-state index contributed by atoms with van der Waals surface area (Å²) in [6, 6.07) is 0. The smallest absolute Gasteiger partial charge is 0.187 e. The van der Waals surface area contributed by atoms with E-state index in [0.29, 0.717) is 25.7 Å². The highest BCUT2D eigenvalue weighted by Crippen LogP contribution is 2.28. The molecule has 7 atom stereocenters. The molecule has 8 nitrogen and oxygen atoms in total. The van der Waals surface area contributed by atoms with Crippen LogP contribution in [0, 0.1) is 0 Å². The van der Waals surface area contributed by atoms with E-state index in [1.54, 1.807) is 20.8 Å². The van der Waals surface area contributed by atoms with Gasteiger partial charge in [-0.25, -0.2) is 0 Å². The largest absolute Gasteiger partial charge is 0.394 e. The van der Waals surface area contributed by atoms with E-state index in [-0.39, 0.29) is 0 Å². The Morgan fingerprint density at radius 1 is 1.17 bits per heavy atom. The third-order valence-corrected chi connectivity index (χ3v) is 5.47. The van der Waals surface area contributed by atoms with Gasteiger partial charge in [-0.2, -0.15) is 0 Å². The molecule has 1 fully saturated rings. The van der Waals surface area contributed by atoms with Gasteiger partial charge in [0, 0.05) is 0 Å². The summed E-state index contributed by atoms with van der Waals surface area (Å²) in [7, 11) is 0. The fourth-order valence-electron chi connectivity index (χ4n) is 3.03. The predicted molar refractivity (Wildman–Crippen MR) is 108 cm³/mol.